The monoisotopic (exact) mass is 255 g/mol. The molecule has 7 nitrogen and oxygen atoms in total. The summed E-state index contributed by atoms with van der Waals surface area (Å²) in [6, 6.07) is 7.96. The first kappa shape index (κ1) is 11.1. The topological polar surface area (TPSA) is 92.2 Å². The minimum atomic E-state index is -0.389. The van der Waals surface area contributed by atoms with Crippen molar-refractivity contribution in [3.8, 4) is 0 Å². The van der Waals surface area contributed by atoms with Gasteiger partial charge in [-0.3, -0.25) is 9.59 Å². The number of rotatable bonds is 2. The summed E-state index contributed by atoms with van der Waals surface area (Å²) in [5, 5.41) is 12.6. The van der Waals surface area contributed by atoms with E-state index in [4.69, 9.17) is 0 Å². The van der Waals surface area contributed by atoms with Crippen LogP contribution in [-0.2, 0) is 0 Å². The van der Waals surface area contributed by atoms with Crippen molar-refractivity contribution in [3.63, 3.8) is 0 Å². The molecular formula is C12H9N5O2. The summed E-state index contributed by atoms with van der Waals surface area (Å²) in [4.78, 5) is 22.7. The zero-order chi connectivity index (χ0) is 13.2. The van der Waals surface area contributed by atoms with E-state index in [9.17, 15) is 9.59 Å². The molecule has 94 valence electrons. The van der Waals surface area contributed by atoms with Gasteiger partial charge < -0.3 is 5.32 Å². The standard InChI is InChI=1S/C12H9N5O2/c18-11-2-1-10(15-16-11)12(19)14-8-4-6-17-9(7-8)3-5-13-17/h1-7H,(H,14,19)(H,16,18). The lowest BCUT2D eigenvalue weighted by atomic mass is 10.3. The Hall–Kier alpha value is -2.96. The molecule has 0 bridgehead atoms. The predicted molar refractivity (Wildman–Crippen MR) is 68.0 cm³/mol. The number of carbonyl (C=O) groups is 1. The number of hydrogen-bond acceptors (Lipinski definition) is 4. The van der Waals surface area contributed by atoms with Gasteiger partial charge in [-0.2, -0.15) is 10.2 Å². The summed E-state index contributed by atoms with van der Waals surface area (Å²) in [6.07, 6.45) is 3.41. The van der Waals surface area contributed by atoms with E-state index in [1.807, 2.05) is 6.07 Å². The van der Waals surface area contributed by atoms with Crippen LogP contribution in [0.3, 0.4) is 0 Å². The molecular weight excluding hydrogens is 246 g/mol. The fraction of sp³-hybridized carbons (Fsp3) is 0. The molecule has 0 aromatic carbocycles. The molecule has 19 heavy (non-hydrogen) atoms. The van der Waals surface area contributed by atoms with Gasteiger partial charge in [0.25, 0.3) is 11.5 Å². The van der Waals surface area contributed by atoms with Crippen molar-refractivity contribution in [2.75, 3.05) is 5.32 Å². The van der Waals surface area contributed by atoms with Crippen LogP contribution in [0.15, 0.2) is 47.5 Å². The van der Waals surface area contributed by atoms with E-state index in [1.165, 1.54) is 12.1 Å². The highest BCUT2D eigenvalue weighted by atomic mass is 16.2. The van der Waals surface area contributed by atoms with Crippen molar-refractivity contribution in [2.45, 2.75) is 0 Å². The molecule has 3 aromatic heterocycles. The zero-order valence-electron chi connectivity index (χ0n) is 9.70. The number of aromatic amines is 1. The molecule has 3 rings (SSSR count). The van der Waals surface area contributed by atoms with Crippen LogP contribution in [0, 0.1) is 0 Å². The Morgan fingerprint density at radius 1 is 1.26 bits per heavy atom. The lowest BCUT2D eigenvalue weighted by Crippen LogP contribution is -2.17. The Bertz CT molecular complexity index is 784. The summed E-state index contributed by atoms with van der Waals surface area (Å²) in [5.74, 6) is -0.389. The van der Waals surface area contributed by atoms with Crippen molar-refractivity contribution in [3.05, 3.63) is 58.8 Å². The minimum absolute atomic E-state index is 0.146. The lowest BCUT2D eigenvalue weighted by Gasteiger charge is -2.04. The number of anilines is 1. The predicted octanol–water partition coefficient (Wildman–Crippen LogP) is 0.670. The number of nitrogens with zero attached hydrogens (tertiary/aromatic N) is 3. The molecule has 7 heteroatoms. The molecule has 0 aliphatic heterocycles. The number of aromatic nitrogens is 4. The maximum atomic E-state index is 11.9. The Balaban J connectivity index is 1.85. The summed E-state index contributed by atoms with van der Waals surface area (Å²) in [7, 11) is 0. The Kier molecular flexibility index (Phi) is 2.57. The number of amides is 1. The maximum absolute atomic E-state index is 11.9. The second-order valence-corrected chi connectivity index (χ2v) is 3.88. The Labute approximate surface area is 106 Å². The van der Waals surface area contributed by atoms with Crippen LogP contribution in [-0.4, -0.2) is 25.7 Å². The van der Waals surface area contributed by atoms with Crippen molar-refractivity contribution in [2.24, 2.45) is 0 Å². The van der Waals surface area contributed by atoms with Gasteiger partial charge in [-0.05, 0) is 24.3 Å². The van der Waals surface area contributed by atoms with Crippen molar-refractivity contribution in [1.29, 1.82) is 0 Å². The highest BCUT2D eigenvalue weighted by Gasteiger charge is 2.08. The van der Waals surface area contributed by atoms with E-state index in [0.717, 1.165) is 5.52 Å². The van der Waals surface area contributed by atoms with Crippen LogP contribution in [0.5, 0.6) is 0 Å². The molecule has 3 heterocycles. The molecule has 0 radical (unpaired) electrons. The van der Waals surface area contributed by atoms with Gasteiger partial charge in [0.05, 0.1) is 5.52 Å². The third-order valence-corrected chi connectivity index (χ3v) is 2.57. The number of pyridine rings is 1. The SMILES string of the molecule is O=C(Nc1ccn2nccc2c1)c1ccc(=O)[nH]n1. The van der Waals surface area contributed by atoms with Crippen LogP contribution in [0.4, 0.5) is 5.69 Å². The number of fused-ring (bicyclic) bond motifs is 1. The van der Waals surface area contributed by atoms with Gasteiger partial charge in [0.2, 0.25) is 0 Å². The molecule has 0 saturated carbocycles. The third kappa shape index (κ3) is 2.21. The van der Waals surface area contributed by atoms with Gasteiger partial charge in [-0.25, -0.2) is 9.61 Å². The molecule has 0 saturated heterocycles. The summed E-state index contributed by atoms with van der Waals surface area (Å²) < 4.78 is 1.69. The molecule has 0 fully saturated rings. The quantitative estimate of drug-likeness (QED) is 0.704. The van der Waals surface area contributed by atoms with Gasteiger partial charge in [0.15, 0.2) is 0 Å². The molecule has 0 aliphatic rings. The van der Waals surface area contributed by atoms with Crippen LogP contribution in [0.2, 0.25) is 0 Å². The number of H-pyrrole nitrogens is 1. The van der Waals surface area contributed by atoms with Gasteiger partial charge in [-0.1, -0.05) is 0 Å². The minimum Gasteiger partial charge on any atom is -0.320 e. The highest BCUT2D eigenvalue weighted by Crippen LogP contribution is 2.12. The second kappa shape index (κ2) is 4.37. The lowest BCUT2D eigenvalue weighted by molar-refractivity contribution is 0.102. The van der Waals surface area contributed by atoms with Crippen LogP contribution >= 0.6 is 0 Å². The Morgan fingerprint density at radius 2 is 2.16 bits per heavy atom. The summed E-state index contributed by atoms with van der Waals surface area (Å²) in [5.41, 5.74) is 1.29. The number of carbonyl (C=O) groups excluding carboxylic acids is 1. The third-order valence-electron chi connectivity index (χ3n) is 2.57. The highest BCUT2D eigenvalue weighted by molar-refractivity contribution is 6.02. The first-order valence-electron chi connectivity index (χ1n) is 5.53. The van der Waals surface area contributed by atoms with Crippen LogP contribution < -0.4 is 10.9 Å². The van der Waals surface area contributed by atoms with Gasteiger partial charge in [-0.15, -0.1) is 0 Å². The first-order chi connectivity index (χ1) is 9.22. The van der Waals surface area contributed by atoms with Crippen LogP contribution in [0.25, 0.3) is 5.52 Å². The normalized spacial score (nSPS) is 10.5. The average molecular weight is 255 g/mol. The van der Waals surface area contributed by atoms with E-state index >= 15 is 0 Å². The first-order valence-corrected chi connectivity index (χ1v) is 5.53. The molecule has 0 aliphatic carbocycles. The fourth-order valence-electron chi connectivity index (χ4n) is 1.67. The number of hydrogen-bond donors (Lipinski definition) is 2. The van der Waals surface area contributed by atoms with Crippen molar-refractivity contribution >= 4 is 17.1 Å². The smallest absolute Gasteiger partial charge is 0.276 e. The van der Waals surface area contributed by atoms with E-state index < -0.39 is 0 Å². The molecule has 0 unspecified atom stereocenters. The van der Waals surface area contributed by atoms with Gasteiger partial charge in [0, 0.05) is 24.1 Å². The van der Waals surface area contributed by atoms with E-state index in [-0.39, 0.29) is 17.2 Å². The van der Waals surface area contributed by atoms with E-state index in [2.05, 4.69) is 20.6 Å². The van der Waals surface area contributed by atoms with Crippen LogP contribution in [0.1, 0.15) is 10.5 Å². The fourth-order valence-corrected chi connectivity index (χ4v) is 1.67. The molecule has 0 atom stereocenters. The van der Waals surface area contributed by atoms with Gasteiger partial charge in [0.1, 0.15) is 5.69 Å². The van der Waals surface area contributed by atoms with Crippen molar-refractivity contribution < 1.29 is 4.79 Å². The van der Waals surface area contributed by atoms with E-state index in [0.29, 0.717) is 5.69 Å². The maximum Gasteiger partial charge on any atom is 0.276 e. The van der Waals surface area contributed by atoms with Gasteiger partial charge >= 0.3 is 0 Å². The summed E-state index contributed by atoms with van der Waals surface area (Å²) >= 11 is 0. The van der Waals surface area contributed by atoms with E-state index in [1.54, 1.807) is 29.0 Å². The molecule has 1 amide bonds. The second-order valence-electron chi connectivity index (χ2n) is 3.88. The molecule has 3 aromatic rings. The average Bonchev–Trinajstić information content (AvgIpc) is 2.87. The zero-order valence-corrected chi connectivity index (χ0v) is 9.70. The largest absolute Gasteiger partial charge is 0.320 e. The molecule has 2 N–H and O–H groups in total. The molecule has 0 spiro atoms. The Morgan fingerprint density at radius 3 is 2.95 bits per heavy atom. The van der Waals surface area contributed by atoms with Crippen molar-refractivity contribution in [1.82, 2.24) is 19.8 Å². The summed E-state index contributed by atoms with van der Waals surface area (Å²) in [6.45, 7) is 0. The number of nitrogens with one attached hydrogen (secondary N) is 2.